The molecule has 1 amide bonds. The van der Waals surface area contributed by atoms with Gasteiger partial charge in [0.25, 0.3) is 5.91 Å². The maximum atomic E-state index is 12.7. The first kappa shape index (κ1) is 18.4. The van der Waals surface area contributed by atoms with Crippen molar-refractivity contribution in [2.45, 2.75) is 6.54 Å². The van der Waals surface area contributed by atoms with Gasteiger partial charge in [0, 0.05) is 25.3 Å². The molecule has 0 fully saturated rings. The SMILES string of the molecule is CN(Cc1ccccc1)C(=O)c1cc2cc(N(C)S(C)(=O)=O)ccc2s1. The topological polar surface area (TPSA) is 57.7 Å². The Morgan fingerprint density at radius 3 is 2.38 bits per heavy atom. The molecule has 0 bridgehead atoms. The maximum absolute atomic E-state index is 12.7. The predicted molar refractivity (Wildman–Crippen MR) is 107 cm³/mol. The van der Waals surface area contributed by atoms with E-state index in [0.29, 0.717) is 17.1 Å². The molecule has 1 heterocycles. The van der Waals surface area contributed by atoms with Crippen LogP contribution in [0.25, 0.3) is 10.1 Å². The Morgan fingerprint density at radius 1 is 1.04 bits per heavy atom. The Labute approximate surface area is 157 Å². The van der Waals surface area contributed by atoms with Crippen LogP contribution in [0.2, 0.25) is 0 Å². The molecule has 136 valence electrons. The van der Waals surface area contributed by atoms with E-state index in [9.17, 15) is 13.2 Å². The fourth-order valence-corrected chi connectivity index (χ4v) is 4.17. The molecule has 3 aromatic rings. The zero-order valence-electron chi connectivity index (χ0n) is 14.8. The lowest BCUT2D eigenvalue weighted by Crippen LogP contribution is -2.25. The second-order valence-corrected chi connectivity index (χ2v) is 9.31. The normalized spacial score (nSPS) is 11.5. The van der Waals surface area contributed by atoms with Crippen molar-refractivity contribution >= 4 is 43.0 Å². The maximum Gasteiger partial charge on any atom is 0.264 e. The van der Waals surface area contributed by atoms with Gasteiger partial charge in [-0.2, -0.15) is 0 Å². The minimum Gasteiger partial charge on any atom is -0.337 e. The number of sulfonamides is 1. The molecule has 0 aliphatic heterocycles. The van der Waals surface area contributed by atoms with Gasteiger partial charge in [0.1, 0.15) is 0 Å². The molecule has 0 atom stereocenters. The molecule has 0 N–H and O–H groups in total. The van der Waals surface area contributed by atoms with E-state index in [1.807, 2.05) is 42.5 Å². The molecule has 1 aromatic heterocycles. The van der Waals surface area contributed by atoms with Crippen LogP contribution in [0.15, 0.2) is 54.6 Å². The van der Waals surface area contributed by atoms with Gasteiger partial charge in [-0.25, -0.2) is 8.42 Å². The summed E-state index contributed by atoms with van der Waals surface area (Å²) in [6, 6.07) is 17.0. The van der Waals surface area contributed by atoms with E-state index in [1.54, 1.807) is 24.1 Å². The molecular weight excluding hydrogens is 368 g/mol. The number of hydrogen-bond acceptors (Lipinski definition) is 4. The molecule has 0 radical (unpaired) electrons. The van der Waals surface area contributed by atoms with Crippen molar-refractivity contribution in [1.82, 2.24) is 4.90 Å². The number of rotatable bonds is 5. The summed E-state index contributed by atoms with van der Waals surface area (Å²) in [6.07, 6.45) is 1.16. The number of thiophene rings is 1. The Kier molecular flexibility index (Phi) is 5.02. The lowest BCUT2D eigenvalue weighted by molar-refractivity contribution is 0.0790. The lowest BCUT2D eigenvalue weighted by atomic mass is 10.2. The van der Waals surface area contributed by atoms with Gasteiger partial charge in [-0.05, 0) is 35.2 Å². The van der Waals surface area contributed by atoms with Gasteiger partial charge in [-0.15, -0.1) is 11.3 Å². The minimum atomic E-state index is -3.32. The van der Waals surface area contributed by atoms with Gasteiger partial charge in [0.15, 0.2) is 0 Å². The zero-order chi connectivity index (χ0) is 18.9. The average molecular weight is 389 g/mol. The monoisotopic (exact) mass is 388 g/mol. The third-order valence-corrected chi connectivity index (χ3v) is 6.49. The summed E-state index contributed by atoms with van der Waals surface area (Å²) in [7, 11) is -0.0237. The van der Waals surface area contributed by atoms with Gasteiger partial charge in [0.05, 0.1) is 16.8 Å². The molecular formula is C19H20N2O3S2. The van der Waals surface area contributed by atoms with Crippen LogP contribution in [-0.4, -0.2) is 39.6 Å². The van der Waals surface area contributed by atoms with Crippen LogP contribution < -0.4 is 4.31 Å². The largest absolute Gasteiger partial charge is 0.337 e. The second kappa shape index (κ2) is 7.09. The number of fused-ring (bicyclic) bond motifs is 1. The first-order valence-corrected chi connectivity index (χ1v) is 10.7. The van der Waals surface area contributed by atoms with E-state index in [1.165, 1.54) is 22.7 Å². The highest BCUT2D eigenvalue weighted by Gasteiger charge is 2.17. The number of hydrogen-bond donors (Lipinski definition) is 0. The van der Waals surface area contributed by atoms with Crippen LogP contribution in [0.5, 0.6) is 0 Å². The molecule has 0 spiro atoms. The van der Waals surface area contributed by atoms with E-state index in [4.69, 9.17) is 0 Å². The zero-order valence-corrected chi connectivity index (χ0v) is 16.5. The summed E-state index contributed by atoms with van der Waals surface area (Å²) in [5.41, 5.74) is 1.65. The van der Waals surface area contributed by atoms with E-state index in [0.717, 1.165) is 21.9 Å². The van der Waals surface area contributed by atoms with E-state index >= 15 is 0 Å². The second-order valence-electron chi connectivity index (χ2n) is 6.21. The van der Waals surface area contributed by atoms with Crippen LogP contribution >= 0.6 is 11.3 Å². The summed E-state index contributed by atoms with van der Waals surface area (Å²) in [6.45, 7) is 0.538. The number of carbonyl (C=O) groups excluding carboxylic acids is 1. The average Bonchev–Trinajstić information content (AvgIpc) is 3.03. The smallest absolute Gasteiger partial charge is 0.264 e. The molecule has 0 aliphatic carbocycles. The summed E-state index contributed by atoms with van der Waals surface area (Å²) < 4.78 is 25.6. The van der Waals surface area contributed by atoms with Crippen molar-refractivity contribution in [3.63, 3.8) is 0 Å². The highest BCUT2D eigenvalue weighted by Crippen LogP contribution is 2.30. The van der Waals surface area contributed by atoms with E-state index in [-0.39, 0.29) is 5.91 Å². The van der Waals surface area contributed by atoms with Gasteiger partial charge in [-0.3, -0.25) is 9.10 Å². The standard InChI is InChI=1S/C19H20N2O3S2/c1-20(13-14-7-5-4-6-8-14)19(22)18-12-15-11-16(9-10-17(15)25-18)21(2)26(3,23)24/h4-12H,13H2,1-3H3. The summed E-state index contributed by atoms with van der Waals surface area (Å²) in [4.78, 5) is 15.0. The van der Waals surface area contributed by atoms with Crippen molar-refractivity contribution in [2.24, 2.45) is 0 Å². The third kappa shape index (κ3) is 3.89. The third-order valence-electron chi connectivity index (χ3n) is 4.18. The van der Waals surface area contributed by atoms with Crippen LogP contribution in [0, 0.1) is 0 Å². The molecule has 0 saturated heterocycles. The molecule has 3 rings (SSSR count). The molecule has 5 nitrogen and oxygen atoms in total. The number of amides is 1. The Bertz CT molecular complexity index is 1040. The van der Waals surface area contributed by atoms with Crippen LogP contribution in [0.4, 0.5) is 5.69 Å². The van der Waals surface area contributed by atoms with Crippen LogP contribution in [-0.2, 0) is 16.6 Å². The molecule has 7 heteroatoms. The van der Waals surface area contributed by atoms with Crippen molar-refractivity contribution in [3.8, 4) is 0 Å². The molecule has 0 unspecified atom stereocenters. The quantitative estimate of drug-likeness (QED) is 0.671. The highest BCUT2D eigenvalue weighted by molar-refractivity contribution is 7.92. The van der Waals surface area contributed by atoms with Crippen molar-refractivity contribution in [3.05, 3.63) is 65.0 Å². The first-order valence-electron chi connectivity index (χ1n) is 8.02. The van der Waals surface area contributed by atoms with E-state index in [2.05, 4.69) is 0 Å². The number of carbonyl (C=O) groups is 1. The minimum absolute atomic E-state index is 0.0481. The highest BCUT2D eigenvalue weighted by atomic mass is 32.2. The molecule has 26 heavy (non-hydrogen) atoms. The summed E-state index contributed by atoms with van der Waals surface area (Å²) >= 11 is 1.41. The van der Waals surface area contributed by atoms with Crippen molar-refractivity contribution < 1.29 is 13.2 Å². The molecule has 0 saturated carbocycles. The van der Waals surface area contributed by atoms with E-state index < -0.39 is 10.0 Å². The Hall–Kier alpha value is -2.38. The van der Waals surface area contributed by atoms with Crippen molar-refractivity contribution in [2.75, 3.05) is 24.7 Å². The number of nitrogens with zero attached hydrogens (tertiary/aromatic N) is 2. The molecule has 2 aromatic carbocycles. The summed E-state index contributed by atoms with van der Waals surface area (Å²) in [5.74, 6) is -0.0481. The number of benzene rings is 2. The number of anilines is 1. The first-order chi connectivity index (χ1) is 12.3. The lowest BCUT2D eigenvalue weighted by Gasteiger charge is -2.16. The van der Waals surface area contributed by atoms with Gasteiger partial charge < -0.3 is 4.90 Å². The fourth-order valence-electron chi connectivity index (χ4n) is 2.64. The van der Waals surface area contributed by atoms with Crippen LogP contribution in [0.3, 0.4) is 0 Å². The predicted octanol–water partition coefficient (Wildman–Crippen LogP) is 3.57. The summed E-state index contributed by atoms with van der Waals surface area (Å²) in [5, 5.41) is 0.861. The fraction of sp³-hybridized carbons (Fsp3) is 0.211. The Balaban J connectivity index is 1.85. The van der Waals surface area contributed by atoms with Gasteiger partial charge >= 0.3 is 0 Å². The van der Waals surface area contributed by atoms with Crippen molar-refractivity contribution in [1.29, 1.82) is 0 Å². The van der Waals surface area contributed by atoms with Crippen LogP contribution in [0.1, 0.15) is 15.2 Å². The Morgan fingerprint density at radius 2 is 1.73 bits per heavy atom. The van der Waals surface area contributed by atoms with Gasteiger partial charge in [-0.1, -0.05) is 30.3 Å². The van der Waals surface area contributed by atoms with Gasteiger partial charge in [0.2, 0.25) is 10.0 Å². The molecule has 0 aliphatic rings.